The van der Waals surface area contributed by atoms with Crippen molar-refractivity contribution in [2.45, 2.75) is 18.4 Å². The Kier molecular flexibility index (Phi) is 7.50. The number of hydrogen-bond donors (Lipinski definition) is 0. The third-order valence-corrected chi connectivity index (χ3v) is 8.20. The molecule has 1 saturated heterocycles. The van der Waals surface area contributed by atoms with E-state index in [9.17, 15) is 18.5 Å². The molecule has 0 N–H and O–H groups in total. The molecule has 0 saturated carbocycles. The molecule has 3 aromatic rings. The summed E-state index contributed by atoms with van der Waals surface area (Å²) < 4.78 is 43.8. The lowest BCUT2D eigenvalue weighted by atomic mass is 10.1. The third-order valence-electron chi connectivity index (χ3n) is 6.46. The lowest BCUT2D eigenvalue weighted by Gasteiger charge is -2.32. The van der Waals surface area contributed by atoms with Gasteiger partial charge in [0.15, 0.2) is 0 Å². The van der Waals surface area contributed by atoms with Gasteiger partial charge >= 0.3 is 0 Å². The molecule has 1 aromatic heterocycles. The maximum Gasteiger partial charge on any atom is 0.268 e. The van der Waals surface area contributed by atoms with Crippen molar-refractivity contribution in [3.63, 3.8) is 0 Å². The van der Waals surface area contributed by atoms with E-state index in [1.165, 1.54) is 35.4 Å². The summed E-state index contributed by atoms with van der Waals surface area (Å²) in [6, 6.07) is 12.3. The van der Waals surface area contributed by atoms with Gasteiger partial charge in [-0.05, 0) is 44.3 Å². The molecular weight excluding hydrogens is 493 g/mol. The van der Waals surface area contributed by atoms with E-state index in [1.54, 1.807) is 32.3 Å². The maximum atomic E-state index is 15.4. The number of piperazine rings is 1. The molecule has 0 spiro atoms. The van der Waals surface area contributed by atoms with E-state index in [0.29, 0.717) is 17.5 Å². The lowest BCUT2D eigenvalue weighted by molar-refractivity contribution is 0.103. The molecule has 1 aliphatic heterocycles. The van der Waals surface area contributed by atoms with Crippen molar-refractivity contribution >= 4 is 26.7 Å². The Hall–Kier alpha value is -3.52. The molecule has 0 amide bonds. The van der Waals surface area contributed by atoms with Crippen LogP contribution in [0, 0.1) is 24.1 Å². The Balaban J connectivity index is 1.89. The maximum absolute atomic E-state index is 15.4. The topological polar surface area (TPSA) is 89.6 Å². The van der Waals surface area contributed by atoms with Crippen LogP contribution in [0.2, 0.25) is 0 Å². The highest BCUT2D eigenvalue weighted by molar-refractivity contribution is 7.90. The van der Waals surface area contributed by atoms with Crippen LogP contribution in [0.3, 0.4) is 0 Å². The standard InChI is InChI=1S/C27H30FN5O3S/c1-19-5-7-23(8-6-19)37(35,36)33-25-15-24(28)21(18-32-11-9-31(4)10-12-32)13-20(25)14-26(33)27(34)22(16-29)17-30(2)3/h5-8,13-15,17H,9-12,18H2,1-4H3. The van der Waals surface area contributed by atoms with Gasteiger partial charge in [0.25, 0.3) is 10.0 Å². The molecule has 37 heavy (non-hydrogen) atoms. The monoisotopic (exact) mass is 523 g/mol. The number of nitriles is 1. The van der Waals surface area contributed by atoms with Gasteiger partial charge in [-0.15, -0.1) is 0 Å². The minimum absolute atomic E-state index is 0.0401. The average molecular weight is 524 g/mol. The summed E-state index contributed by atoms with van der Waals surface area (Å²) in [6.07, 6.45) is 1.34. The summed E-state index contributed by atoms with van der Waals surface area (Å²) in [4.78, 5) is 19.3. The first-order valence-electron chi connectivity index (χ1n) is 11.9. The number of carbonyl (C=O) groups is 1. The van der Waals surface area contributed by atoms with Gasteiger partial charge < -0.3 is 9.80 Å². The Morgan fingerprint density at radius 3 is 2.35 bits per heavy atom. The van der Waals surface area contributed by atoms with Gasteiger partial charge in [0.1, 0.15) is 23.2 Å². The van der Waals surface area contributed by atoms with E-state index < -0.39 is 21.6 Å². The Morgan fingerprint density at radius 1 is 1.11 bits per heavy atom. The van der Waals surface area contributed by atoms with Crippen molar-refractivity contribution in [2.75, 3.05) is 47.3 Å². The van der Waals surface area contributed by atoms with Gasteiger partial charge in [-0.1, -0.05) is 17.7 Å². The van der Waals surface area contributed by atoms with Crippen LogP contribution in [0.5, 0.6) is 0 Å². The summed E-state index contributed by atoms with van der Waals surface area (Å²) in [6.45, 7) is 5.55. The van der Waals surface area contributed by atoms with Gasteiger partial charge in [0.05, 0.1) is 10.4 Å². The predicted molar refractivity (Wildman–Crippen MR) is 140 cm³/mol. The molecule has 10 heteroatoms. The number of allylic oxidation sites excluding steroid dienone is 1. The van der Waals surface area contributed by atoms with Crippen molar-refractivity contribution in [1.82, 2.24) is 18.7 Å². The second-order valence-electron chi connectivity index (χ2n) is 9.64. The second kappa shape index (κ2) is 10.5. The number of hydrogen-bond acceptors (Lipinski definition) is 7. The SMILES string of the molecule is Cc1ccc(S(=O)(=O)n2c(C(=O)C(C#N)=CN(C)C)cc3cc(CN4CCN(C)CC4)c(F)cc32)cc1. The zero-order chi connectivity index (χ0) is 26.9. The van der Waals surface area contributed by atoms with Crippen LogP contribution in [0.25, 0.3) is 10.9 Å². The lowest BCUT2D eigenvalue weighted by Crippen LogP contribution is -2.44. The summed E-state index contributed by atoms with van der Waals surface area (Å²) in [5.41, 5.74) is 0.886. The molecule has 0 aliphatic carbocycles. The van der Waals surface area contributed by atoms with E-state index in [4.69, 9.17) is 0 Å². The van der Waals surface area contributed by atoms with Crippen LogP contribution in [0.4, 0.5) is 4.39 Å². The zero-order valence-corrected chi connectivity index (χ0v) is 22.2. The van der Waals surface area contributed by atoms with E-state index in [1.807, 2.05) is 20.0 Å². The van der Waals surface area contributed by atoms with E-state index in [-0.39, 0.29) is 21.7 Å². The van der Waals surface area contributed by atoms with Gasteiger partial charge in [-0.25, -0.2) is 16.8 Å². The second-order valence-corrected chi connectivity index (χ2v) is 11.4. The van der Waals surface area contributed by atoms with Crippen molar-refractivity contribution < 1.29 is 17.6 Å². The molecule has 0 unspecified atom stereocenters. The van der Waals surface area contributed by atoms with Crippen molar-refractivity contribution in [2.24, 2.45) is 0 Å². The number of rotatable bonds is 7. The summed E-state index contributed by atoms with van der Waals surface area (Å²) in [5, 5.41) is 10.0. The van der Waals surface area contributed by atoms with Crippen LogP contribution in [0.1, 0.15) is 21.6 Å². The summed E-state index contributed by atoms with van der Waals surface area (Å²) in [5.74, 6) is -1.31. The van der Waals surface area contributed by atoms with Crippen LogP contribution in [0.15, 0.2) is 59.1 Å². The fourth-order valence-corrected chi connectivity index (χ4v) is 5.89. The number of ketones is 1. The first kappa shape index (κ1) is 26.5. The van der Waals surface area contributed by atoms with Crippen molar-refractivity contribution in [1.29, 1.82) is 5.26 Å². The molecule has 8 nitrogen and oxygen atoms in total. The summed E-state index contributed by atoms with van der Waals surface area (Å²) >= 11 is 0. The number of nitrogens with zero attached hydrogens (tertiary/aromatic N) is 5. The predicted octanol–water partition coefficient (Wildman–Crippen LogP) is 3.23. The number of aryl methyl sites for hydroxylation is 1. The van der Waals surface area contributed by atoms with Crippen molar-refractivity contribution in [3.05, 3.63) is 76.9 Å². The molecule has 0 bridgehead atoms. The van der Waals surface area contributed by atoms with Crippen LogP contribution in [-0.4, -0.2) is 80.2 Å². The smallest absolute Gasteiger partial charge is 0.268 e. The molecule has 1 aliphatic rings. The number of fused-ring (bicyclic) bond motifs is 1. The highest BCUT2D eigenvalue weighted by atomic mass is 32.2. The number of carbonyl (C=O) groups excluding carboxylic acids is 1. The quantitative estimate of drug-likeness (QED) is 0.267. The fourth-order valence-electron chi connectivity index (χ4n) is 4.39. The first-order chi connectivity index (χ1) is 17.5. The Bertz CT molecular complexity index is 1510. The van der Waals surface area contributed by atoms with Crippen LogP contribution in [-0.2, 0) is 16.6 Å². The van der Waals surface area contributed by atoms with E-state index >= 15 is 4.39 Å². The minimum Gasteiger partial charge on any atom is -0.382 e. The minimum atomic E-state index is -4.28. The molecule has 4 rings (SSSR count). The van der Waals surface area contributed by atoms with E-state index in [0.717, 1.165) is 35.7 Å². The Labute approximate surface area is 216 Å². The molecule has 194 valence electrons. The fraction of sp³-hybridized carbons (Fsp3) is 0.333. The van der Waals surface area contributed by atoms with Crippen LogP contribution >= 0.6 is 0 Å². The molecule has 0 radical (unpaired) electrons. The zero-order valence-electron chi connectivity index (χ0n) is 21.4. The van der Waals surface area contributed by atoms with Crippen molar-refractivity contribution in [3.8, 4) is 6.07 Å². The number of benzene rings is 2. The normalized spacial score (nSPS) is 15.6. The molecular formula is C27H30FN5O3S. The first-order valence-corrected chi connectivity index (χ1v) is 13.4. The number of Topliss-reactive ketones (excluding diaryl/α,β-unsaturated/α-hetero) is 1. The summed E-state index contributed by atoms with van der Waals surface area (Å²) in [7, 11) is 1.07. The largest absolute Gasteiger partial charge is 0.382 e. The average Bonchev–Trinajstić information content (AvgIpc) is 3.22. The Morgan fingerprint density at radius 2 is 1.76 bits per heavy atom. The number of aromatic nitrogens is 1. The molecule has 0 atom stereocenters. The van der Waals surface area contributed by atoms with Gasteiger partial charge in [0.2, 0.25) is 5.78 Å². The molecule has 2 heterocycles. The molecule has 1 fully saturated rings. The third kappa shape index (κ3) is 5.44. The van der Waals surface area contributed by atoms with Gasteiger partial charge in [0, 0.05) is 64.0 Å². The number of likely N-dealkylation sites (N-methyl/N-ethyl adjacent to an activating group) is 1. The van der Waals surface area contributed by atoms with E-state index in [2.05, 4.69) is 9.80 Å². The van der Waals surface area contributed by atoms with Gasteiger partial charge in [-0.2, -0.15) is 5.26 Å². The highest BCUT2D eigenvalue weighted by Crippen LogP contribution is 2.30. The number of halogens is 1. The van der Waals surface area contributed by atoms with Gasteiger partial charge in [-0.3, -0.25) is 9.69 Å². The highest BCUT2D eigenvalue weighted by Gasteiger charge is 2.29. The molecule has 2 aromatic carbocycles. The van der Waals surface area contributed by atoms with Crippen LogP contribution < -0.4 is 0 Å².